The van der Waals surface area contributed by atoms with Gasteiger partial charge in [0, 0.05) is 31.7 Å². The summed E-state index contributed by atoms with van der Waals surface area (Å²) in [6.45, 7) is 3.40. The van der Waals surface area contributed by atoms with Gasteiger partial charge < -0.3 is 4.74 Å². The van der Waals surface area contributed by atoms with Crippen LogP contribution in [-0.4, -0.2) is 41.8 Å². The number of ether oxygens (including phenoxy) is 1. The lowest BCUT2D eigenvalue weighted by atomic mass is 9.86. The third-order valence-corrected chi connectivity index (χ3v) is 8.19. The summed E-state index contributed by atoms with van der Waals surface area (Å²) in [5.41, 5.74) is 7.41. The van der Waals surface area contributed by atoms with Crippen LogP contribution in [0, 0.1) is 0 Å². The van der Waals surface area contributed by atoms with Crippen LogP contribution in [0.5, 0.6) is 5.75 Å². The van der Waals surface area contributed by atoms with E-state index in [1.54, 1.807) is 7.11 Å². The number of ketones is 1. The Labute approximate surface area is 225 Å². The highest BCUT2D eigenvalue weighted by Gasteiger charge is 2.40. The summed E-state index contributed by atoms with van der Waals surface area (Å²) in [5, 5.41) is 0. The van der Waals surface area contributed by atoms with Crippen LogP contribution in [0.1, 0.15) is 44.2 Å². The molecule has 38 heavy (non-hydrogen) atoms. The van der Waals surface area contributed by atoms with Crippen molar-refractivity contribution in [3.63, 3.8) is 0 Å². The molecule has 4 heteroatoms. The van der Waals surface area contributed by atoms with Crippen molar-refractivity contribution < 1.29 is 9.53 Å². The molecule has 2 aliphatic rings. The van der Waals surface area contributed by atoms with Gasteiger partial charge in [0.1, 0.15) is 5.75 Å². The second-order valence-electron chi connectivity index (χ2n) is 10.4. The zero-order chi connectivity index (χ0) is 25.9. The van der Waals surface area contributed by atoms with Gasteiger partial charge in [0.05, 0.1) is 19.2 Å². The number of carbonyl (C=O) groups is 1. The van der Waals surface area contributed by atoms with E-state index in [4.69, 9.17) is 4.74 Å². The molecule has 0 N–H and O–H groups in total. The molecule has 0 bridgehead atoms. The van der Waals surface area contributed by atoms with E-state index < -0.39 is 0 Å². The number of rotatable bonds is 7. The fourth-order valence-corrected chi connectivity index (χ4v) is 6.19. The Hall–Kier alpha value is -3.73. The smallest absolute Gasteiger partial charge is 0.181 e. The van der Waals surface area contributed by atoms with E-state index in [0.717, 1.165) is 50.3 Å². The van der Waals surface area contributed by atoms with Gasteiger partial charge in [-0.15, -0.1) is 0 Å². The van der Waals surface area contributed by atoms with Crippen molar-refractivity contribution in [1.29, 1.82) is 0 Å². The molecule has 2 unspecified atom stereocenters. The Kier molecular flexibility index (Phi) is 7.08. The highest BCUT2D eigenvalue weighted by atomic mass is 16.5. The molecule has 0 spiro atoms. The van der Waals surface area contributed by atoms with Gasteiger partial charge in [-0.1, -0.05) is 78.9 Å². The summed E-state index contributed by atoms with van der Waals surface area (Å²) in [5.74, 6) is 0.928. The van der Waals surface area contributed by atoms with Crippen molar-refractivity contribution in [1.82, 2.24) is 9.80 Å². The first-order valence-electron chi connectivity index (χ1n) is 13.6. The predicted molar refractivity (Wildman–Crippen MR) is 151 cm³/mol. The molecule has 4 aromatic rings. The van der Waals surface area contributed by atoms with Gasteiger partial charge in [-0.25, -0.2) is 0 Å². The molecule has 4 nitrogen and oxygen atoms in total. The molecule has 0 aromatic heterocycles. The van der Waals surface area contributed by atoms with Gasteiger partial charge >= 0.3 is 0 Å². The minimum Gasteiger partial charge on any atom is -0.497 e. The number of hydrogen-bond acceptors (Lipinski definition) is 4. The predicted octanol–water partition coefficient (Wildman–Crippen LogP) is 6.10. The molecule has 6 rings (SSSR count). The van der Waals surface area contributed by atoms with E-state index in [9.17, 15) is 4.79 Å². The van der Waals surface area contributed by atoms with E-state index in [2.05, 4.69) is 88.7 Å². The minimum atomic E-state index is -0.315. The van der Waals surface area contributed by atoms with E-state index in [-0.39, 0.29) is 17.9 Å². The maximum absolute atomic E-state index is 14.5. The molecule has 0 radical (unpaired) electrons. The van der Waals surface area contributed by atoms with Crippen molar-refractivity contribution in [2.24, 2.45) is 0 Å². The highest BCUT2D eigenvalue weighted by Crippen LogP contribution is 2.36. The standard InChI is InChI=1S/C34H34N2O2/c1-38-31-17-15-28(16-18-31)34(37)33(36-22-20-26-10-6-8-14-30(26)24-36)32(27-11-3-2-4-12-27)35-21-19-25-9-5-7-13-29(25)23-35/h2-18,32-33H,19-24H2,1H3. The maximum Gasteiger partial charge on any atom is 0.181 e. The van der Waals surface area contributed by atoms with Gasteiger partial charge in [-0.05, 0) is 64.9 Å². The molecule has 192 valence electrons. The summed E-state index contributed by atoms with van der Waals surface area (Å²) >= 11 is 0. The van der Waals surface area contributed by atoms with Crippen LogP contribution >= 0.6 is 0 Å². The van der Waals surface area contributed by atoms with Crippen LogP contribution in [0.25, 0.3) is 0 Å². The number of hydrogen-bond donors (Lipinski definition) is 0. The molecule has 0 saturated heterocycles. The molecule has 0 amide bonds. The third kappa shape index (κ3) is 4.90. The number of benzene rings is 4. The van der Waals surface area contributed by atoms with Crippen LogP contribution in [0.15, 0.2) is 103 Å². The van der Waals surface area contributed by atoms with Gasteiger partial charge in [0.15, 0.2) is 5.78 Å². The molecule has 2 aliphatic heterocycles. The van der Waals surface area contributed by atoms with Crippen molar-refractivity contribution in [2.75, 3.05) is 20.2 Å². The van der Waals surface area contributed by atoms with Gasteiger partial charge in [-0.3, -0.25) is 14.6 Å². The lowest BCUT2D eigenvalue weighted by Crippen LogP contribution is -2.53. The fourth-order valence-electron chi connectivity index (χ4n) is 6.19. The maximum atomic E-state index is 14.5. The van der Waals surface area contributed by atoms with Crippen LogP contribution in [0.4, 0.5) is 0 Å². The number of Topliss-reactive ketones (excluding diaryl/α,β-unsaturated/α-hetero) is 1. The summed E-state index contributed by atoms with van der Waals surface area (Å²) < 4.78 is 5.38. The Bertz CT molecular complexity index is 1400. The number of fused-ring (bicyclic) bond motifs is 2. The van der Waals surface area contributed by atoms with E-state index >= 15 is 0 Å². The zero-order valence-electron chi connectivity index (χ0n) is 21.9. The second kappa shape index (κ2) is 10.9. The van der Waals surface area contributed by atoms with Crippen LogP contribution < -0.4 is 4.74 Å². The monoisotopic (exact) mass is 502 g/mol. The Morgan fingerprint density at radius 2 is 1.18 bits per heavy atom. The fraction of sp³-hybridized carbons (Fsp3) is 0.265. The van der Waals surface area contributed by atoms with Crippen LogP contribution in [-0.2, 0) is 25.9 Å². The van der Waals surface area contributed by atoms with Crippen LogP contribution in [0.2, 0.25) is 0 Å². The lowest BCUT2D eigenvalue weighted by Gasteiger charge is -2.45. The lowest BCUT2D eigenvalue weighted by molar-refractivity contribution is 0.0458. The SMILES string of the molecule is COc1ccc(C(=O)C(C(c2ccccc2)N2CCc3ccccc3C2)N2CCc3ccccc3C2)cc1. The van der Waals surface area contributed by atoms with Crippen molar-refractivity contribution in [3.8, 4) is 5.75 Å². The summed E-state index contributed by atoms with van der Waals surface area (Å²) in [6.07, 6.45) is 1.94. The summed E-state index contributed by atoms with van der Waals surface area (Å²) in [4.78, 5) is 19.5. The quantitative estimate of drug-likeness (QED) is 0.286. The molecule has 0 saturated carbocycles. The number of methoxy groups -OCH3 is 1. The van der Waals surface area contributed by atoms with Crippen molar-refractivity contribution >= 4 is 5.78 Å². The summed E-state index contributed by atoms with van der Waals surface area (Å²) in [7, 11) is 1.66. The average molecular weight is 503 g/mol. The molecule has 2 heterocycles. The Balaban J connectivity index is 1.44. The molecular weight excluding hydrogens is 468 g/mol. The van der Waals surface area contributed by atoms with Gasteiger partial charge in [-0.2, -0.15) is 0 Å². The second-order valence-corrected chi connectivity index (χ2v) is 10.4. The largest absolute Gasteiger partial charge is 0.497 e. The van der Waals surface area contributed by atoms with E-state index in [0.29, 0.717) is 0 Å². The third-order valence-electron chi connectivity index (χ3n) is 8.19. The average Bonchev–Trinajstić information content (AvgIpc) is 2.99. The first-order chi connectivity index (χ1) is 18.7. The minimum absolute atomic E-state index is 0.0654. The van der Waals surface area contributed by atoms with Crippen molar-refractivity contribution in [2.45, 2.75) is 38.0 Å². The molecule has 0 aliphatic carbocycles. The number of carbonyl (C=O) groups excluding carboxylic acids is 1. The van der Waals surface area contributed by atoms with Crippen molar-refractivity contribution in [3.05, 3.63) is 137 Å². The molecule has 0 fully saturated rings. The topological polar surface area (TPSA) is 32.8 Å². The first kappa shape index (κ1) is 24.6. The first-order valence-corrected chi connectivity index (χ1v) is 13.6. The van der Waals surface area contributed by atoms with Gasteiger partial charge in [0.25, 0.3) is 0 Å². The Morgan fingerprint density at radius 1 is 0.658 bits per heavy atom. The molecule has 4 aromatic carbocycles. The molecular formula is C34H34N2O2. The van der Waals surface area contributed by atoms with E-state index in [1.807, 2.05) is 24.3 Å². The highest BCUT2D eigenvalue weighted by molar-refractivity contribution is 6.01. The summed E-state index contributed by atoms with van der Waals surface area (Å²) in [6, 6.07) is 35.3. The number of nitrogens with zero attached hydrogens (tertiary/aromatic N) is 2. The Morgan fingerprint density at radius 3 is 1.79 bits per heavy atom. The van der Waals surface area contributed by atoms with Gasteiger partial charge in [0.2, 0.25) is 0 Å². The van der Waals surface area contributed by atoms with Crippen LogP contribution in [0.3, 0.4) is 0 Å². The molecule has 2 atom stereocenters. The van der Waals surface area contributed by atoms with E-state index in [1.165, 1.54) is 27.8 Å². The zero-order valence-corrected chi connectivity index (χ0v) is 21.9. The normalized spacial score (nSPS) is 17.2.